The van der Waals surface area contributed by atoms with E-state index < -0.39 is 16.8 Å². The first-order chi connectivity index (χ1) is 12.4. The molecule has 0 saturated carbocycles. The number of nitrogens with zero attached hydrogens (tertiary/aromatic N) is 1. The SMILES string of the molecule is CCCCNC(=O)CCC(=O)N(O)CCCCCNc1c(I)c(=O)c1=O. The zero-order valence-electron chi connectivity index (χ0n) is 15.0. The van der Waals surface area contributed by atoms with Gasteiger partial charge in [-0.2, -0.15) is 0 Å². The molecule has 0 aromatic heterocycles. The highest BCUT2D eigenvalue weighted by Gasteiger charge is 2.17. The minimum atomic E-state index is -0.472. The fraction of sp³-hybridized carbons (Fsp3) is 0.647. The Morgan fingerprint density at radius 2 is 1.77 bits per heavy atom. The van der Waals surface area contributed by atoms with Crippen molar-refractivity contribution in [2.45, 2.75) is 51.9 Å². The molecule has 146 valence electrons. The maximum atomic E-state index is 11.7. The lowest BCUT2D eigenvalue weighted by Gasteiger charge is -2.15. The number of hydrogen-bond donors (Lipinski definition) is 3. The van der Waals surface area contributed by atoms with E-state index in [2.05, 4.69) is 10.6 Å². The summed E-state index contributed by atoms with van der Waals surface area (Å²) in [7, 11) is 0. The summed E-state index contributed by atoms with van der Waals surface area (Å²) in [4.78, 5) is 45.6. The molecule has 0 aliphatic carbocycles. The third-order valence-electron chi connectivity index (χ3n) is 3.91. The summed E-state index contributed by atoms with van der Waals surface area (Å²) in [5.41, 5.74) is -0.534. The molecule has 0 heterocycles. The monoisotopic (exact) mass is 479 g/mol. The highest BCUT2D eigenvalue weighted by Crippen LogP contribution is 2.10. The van der Waals surface area contributed by atoms with Gasteiger partial charge in [-0.1, -0.05) is 13.3 Å². The van der Waals surface area contributed by atoms with E-state index in [0.29, 0.717) is 33.8 Å². The van der Waals surface area contributed by atoms with Gasteiger partial charge in [-0.3, -0.25) is 24.4 Å². The second-order valence-electron chi connectivity index (χ2n) is 6.06. The minimum absolute atomic E-state index is 0.0151. The number of hydroxylamine groups is 2. The van der Waals surface area contributed by atoms with Crippen molar-refractivity contribution >= 4 is 40.1 Å². The molecule has 1 aromatic carbocycles. The van der Waals surface area contributed by atoms with Crippen molar-refractivity contribution in [3.63, 3.8) is 0 Å². The highest BCUT2D eigenvalue weighted by atomic mass is 127. The molecule has 0 unspecified atom stereocenters. The number of anilines is 1. The molecule has 0 atom stereocenters. The lowest BCUT2D eigenvalue weighted by Crippen LogP contribution is -2.37. The number of nitrogens with one attached hydrogen (secondary N) is 2. The van der Waals surface area contributed by atoms with E-state index in [4.69, 9.17) is 0 Å². The summed E-state index contributed by atoms with van der Waals surface area (Å²) < 4.78 is 0.443. The second-order valence-corrected chi connectivity index (χ2v) is 7.13. The van der Waals surface area contributed by atoms with Crippen LogP contribution in [0.1, 0.15) is 51.9 Å². The van der Waals surface area contributed by atoms with Gasteiger partial charge in [0.2, 0.25) is 17.2 Å². The third kappa shape index (κ3) is 7.40. The molecule has 3 N–H and O–H groups in total. The summed E-state index contributed by atoms with van der Waals surface area (Å²) in [6, 6.07) is 0. The predicted molar refractivity (Wildman–Crippen MR) is 107 cm³/mol. The number of hydrogen-bond acceptors (Lipinski definition) is 6. The molecule has 1 rings (SSSR count). The van der Waals surface area contributed by atoms with E-state index >= 15 is 0 Å². The molecule has 9 heteroatoms. The van der Waals surface area contributed by atoms with Gasteiger partial charge in [0.05, 0.1) is 3.57 Å². The molecular weight excluding hydrogens is 453 g/mol. The average molecular weight is 479 g/mol. The molecule has 2 amide bonds. The Kier molecular flexibility index (Phi) is 10.4. The number of rotatable bonds is 13. The Balaban J connectivity index is 2.07. The number of carbonyl (C=O) groups is 2. The zero-order chi connectivity index (χ0) is 19.5. The van der Waals surface area contributed by atoms with Crippen LogP contribution in [0.15, 0.2) is 9.59 Å². The molecular formula is C17H26IN3O5. The highest BCUT2D eigenvalue weighted by molar-refractivity contribution is 14.1. The van der Waals surface area contributed by atoms with Crippen molar-refractivity contribution in [1.82, 2.24) is 10.4 Å². The average Bonchev–Trinajstić information content (AvgIpc) is 2.64. The number of amides is 2. The van der Waals surface area contributed by atoms with Crippen molar-refractivity contribution in [3.8, 4) is 0 Å². The molecule has 0 bridgehead atoms. The van der Waals surface area contributed by atoms with Crippen LogP contribution in [0, 0.1) is 3.57 Å². The smallest absolute Gasteiger partial charge is 0.251 e. The van der Waals surface area contributed by atoms with Crippen LogP contribution in [0.25, 0.3) is 0 Å². The summed E-state index contributed by atoms with van der Waals surface area (Å²) >= 11 is 1.84. The molecule has 0 fully saturated rings. The van der Waals surface area contributed by atoms with E-state index in [1.165, 1.54) is 0 Å². The summed E-state index contributed by atoms with van der Waals surface area (Å²) in [6.07, 6.45) is 4.06. The van der Waals surface area contributed by atoms with E-state index in [1.807, 2.05) is 29.5 Å². The van der Waals surface area contributed by atoms with Gasteiger partial charge in [0.1, 0.15) is 5.69 Å². The van der Waals surface area contributed by atoms with Crippen molar-refractivity contribution < 1.29 is 14.8 Å². The first-order valence-electron chi connectivity index (χ1n) is 8.87. The summed E-state index contributed by atoms with van der Waals surface area (Å²) in [6.45, 7) is 3.39. The van der Waals surface area contributed by atoms with Crippen molar-refractivity contribution in [2.24, 2.45) is 0 Å². The molecule has 0 spiro atoms. The van der Waals surface area contributed by atoms with Crippen LogP contribution in [0.2, 0.25) is 0 Å². The van der Waals surface area contributed by atoms with E-state index in [0.717, 1.165) is 25.7 Å². The maximum Gasteiger partial charge on any atom is 0.251 e. The van der Waals surface area contributed by atoms with Crippen molar-refractivity contribution in [3.05, 3.63) is 24.0 Å². The van der Waals surface area contributed by atoms with Crippen LogP contribution in [0.5, 0.6) is 0 Å². The van der Waals surface area contributed by atoms with Crippen LogP contribution in [-0.2, 0) is 9.59 Å². The Bertz CT molecular complexity index is 670. The van der Waals surface area contributed by atoms with Crippen LogP contribution in [0.3, 0.4) is 0 Å². The topological polar surface area (TPSA) is 116 Å². The van der Waals surface area contributed by atoms with Gasteiger partial charge < -0.3 is 10.6 Å². The number of halogens is 1. The normalized spacial score (nSPS) is 10.7. The third-order valence-corrected chi connectivity index (χ3v) is 4.94. The predicted octanol–water partition coefficient (Wildman–Crippen LogP) is 1.38. The fourth-order valence-corrected chi connectivity index (χ4v) is 2.95. The Hall–Kier alpha value is -1.49. The molecule has 8 nitrogen and oxygen atoms in total. The van der Waals surface area contributed by atoms with Crippen LogP contribution < -0.4 is 21.5 Å². The standard InChI is InChI=1S/C17H26IN3O5/c1-2-3-9-19-12(22)7-8-13(23)21(26)11-6-4-5-10-20-15-14(18)16(24)17(15)25/h20,26H,2-11H2,1H3,(H,19,22). The van der Waals surface area contributed by atoms with Crippen LogP contribution >= 0.6 is 22.6 Å². The second kappa shape index (κ2) is 12.0. The van der Waals surface area contributed by atoms with Gasteiger partial charge in [-0.15, -0.1) is 0 Å². The quantitative estimate of drug-likeness (QED) is 0.130. The van der Waals surface area contributed by atoms with Crippen LogP contribution in [0.4, 0.5) is 5.69 Å². The van der Waals surface area contributed by atoms with Gasteiger partial charge in [-0.05, 0) is 48.3 Å². The van der Waals surface area contributed by atoms with Gasteiger partial charge in [-0.25, -0.2) is 5.06 Å². The first-order valence-corrected chi connectivity index (χ1v) is 9.95. The lowest BCUT2D eigenvalue weighted by atomic mass is 10.2. The molecule has 1 aromatic rings. The fourth-order valence-electron chi connectivity index (χ4n) is 2.27. The largest absolute Gasteiger partial charge is 0.381 e. The van der Waals surface area contributed by atoms with Gasteiger partial charge in [0.25, 0.3) is 5.43 Å². The maximum absolute atomic E-state index is 11.7. The van der Waals surface area contributed by atoms with Gasteiger partial charge >= 0.3 is 0 Å². The molecule has 0 aliphatic heterocycles. The number of carbonyl (C=O) groups excluding carboxylic acids is 2. The minimum Gasteiger partial charge on any atom is -0.381 e. The Labute approximate surface area is 166 Å². The molecule has 0 radical (unpaired) electrons. The van der Waals surface area contributed by atoms with E-state index in [1.54, 1.807) is 0 Å². The zero-order valence-corrected chi connectivity index (χ0v) is 17.1. The van der Waals surface area contributed by atoms with E-state index in [9.17, 15) is 24.4 Å². The first kappa shape index (κ1) is 22.6. The molecule has 0 aliphatic rings. The molecule has 0 saturated heterocycles. The Morgan fingerprint density at radius 1 is 1.04 bits per heavy atom. The number of unbranched alkanes of at least 4 members (excludes halogenated alkanes) is 3. The van der Waals surface area contributed by atoms with E-state index in [-0.39, 0.29) is 25.3 Å². The summed E-state index contributed by atoms with van der Waals surface area (Å²) in [5, 5.41) is 16.0. The molecule has 26 heavy (non-hydrogen) atoms. The van der Waals surface area contributed by atoms with Crippen molar-refractivity contribution in [1.29, 1.82) is 0 Å². The van der Waals surface area contributed by atoms with Gasteiger partial charge in [0.15, 0.2) is 0 Å². The van der Waals surface area contributed by atoms with Gasteiger partial charge in [0, 0.05) is 32.5 Å². The lowest BCUT2D eigenvalue weighted by molar-refractivity contribution is -0.166. The Morgan fingerprint density at radius 3 is 2.42 bits per heavy atom. The summed E-state index contributed by atoms with van der Waals surface area (Å²) in [5.74, 6) is -0.647. The van der Waals surface area contributed by atoms with Crippen molar-refractivity contribution in [2.75, 3.05) is 25.0 Å². The van der Waals surface area contributed by atoms with Crippen LogP contribution in [-0.4, -0.2) is 41.7 Å².